The van der Waals surface area contributed by atoms with Gasteiger partial charge in [0.2, 0.25) is 0 Å². The van der Waals surface area contributed by atoms with Gasteiger partial charge in [-0.3, -0.25) is 0 Å². The monoisotopic (exact) mass is 261 g/mol. The Hall–Kier alpha value is -0.210. The van der Waals surface area contributed by atoms with Crippen LogP contribution in [0.25, 0.3) is 0 Å². The van der Waals surface area contributed by atoms with Crippen LogP contribution in [0, 0.1) is 0 Å². The van der Waals surface area contributed by atoms with E-state index in [9.17, 15) is 0 Å². The van der Waals surface area contributed by atoms with Crippen LogP contribution in [-0.4, -0.2) is 19.5 Å². The molecule has 72 valence electrons. The van der Waals surface area contributed by atoms with Crippen LogP contribution in [0.15, 0.2) is 28.7 Å². The maximum absolute atomic E-state index is 5.63. The lowest BCUT2D eigenvalue weighted by Gasteiger charge is -2.18. The standard InChI is InChI=1S/C10H13BrClN/c1-13(7-3-6-12)10-5-2-4-9(11)8-10/h2,4-5,8H,3,6-7H2,1H3. The number of halogens is 2. The summed E-state index contributed by atoms with van der Waals surface area (Å²) in [7, 11) is 2.08. The summed E-state index contributed by atoms with van der Waals surface area (Å²) >= 11 is 9.07. The summed E-state index contributed by atoms with van der Waals surface area (Å²) in [5.41, 5.74) is 1.22. The third-order valence-electron chi connectivity index (χ3n) is 1.88. The van der Waals surface area contributed by atoms with E-state index in [0.717, 1.165) is 23.3 Å². The van der Waals surface area contributed by atoms with E-state index in [2.05, 4.69) is 40.0 Å². The van der Waals surface area contributed by atoms with Crippen molar-refractivity contribution >= 4 is 33.2 Å². The molecule has 0 saturated heterocycles. The van der Waals surface area contributed by atoms with E-state index in [0.29, 0.717) is 0 Å². The second kappa shape index (κ2) is 5.51. The van der Waals surface area contributed by atoms with E-state index in [1.54, 1.807) is 0 Å². The zero-order valence-corrected chi connectivity index (χ0v) is 9.98. The van der Waals surface area contributed by atoms with Crippen molar-refractivity contribution in [3.05, 3.63) is 28.7 Å². The number of hydrogen-bond donors (Lipinski definition) is 0. The number of rotatable bonds is 4. The third kappa shape index (κ3) is 3.57. The number of anilines is 1. The van der Waals surface area contributed by atoms with Crippen LogP contribution < -0.4 is 4.90 Å². The van der Waals surface area contributed by atoms with Gasteiger partial charge in [0.05, 0.1) is 0 Å². The summed E-state index contributed by atoms with van der Waals surface area (Å²) in [5.74, 6) is 0.721. The summed E-state index contributed by atoms with van der Waals surface area (Å²) < 4.78 is 1.11. The highest BCUT2D eigenvalue weighted by atomic mass is 79.9. The summed E-state index contributed by atoms with van der Waals surface area (Å²) in [6.45, 7) is 1.000. The minimum absolute atomic E-state index is 0.721. The van der Waals surface area contributed by atoms with Gasteiger partial charge < -0.3 is 4.90 Å². The average molecular weight is 263 g/mol. The van der Waals surface area contributed by atoms with E-state index in [4.69, 9.17) is 11.6 Å². The van der Waals surface area contributed by atoms with Crippen LogP contribution in [0.4, 0.5) is 5.69 Å². The Morgan fingerprint density at radius 1 is 1.46 bits per heavy atom. The molecule has 0 aliphatic heterocycles. The van der Waals surface area contributed by atoms with Gasteiger partial charge >= 0.3 is 0 Å². The molecular formula is C10H13BrClN. The van der Waals surface area contributed by atoms with Crippen LogP contribution in [0.3, 0.4) is 0 Å². The van der Waals surface area contributed by atoms with Crippen molar-refractivity contribution in [2.75, 3.05) is 24.4 Å². The van der Waals surface area contributed by atoms with Crippen molar-refractivity contribution in [2.24, 2.45) is 0 Å². The number of hydrogen-bond acceptors (Lipinski definition) is 1. The average Bonchev–Trinajstić information content (AvgIpc) is 2.14. The largest absolute Gasteiger partial charge is 0.375 e. The van der Waals surface area contributed by atoms with Gasteiger partial charge in [0, 0.05) is 29.6 Å². The Balaban J connectivity index is 2.60. The van der Waals surface area contributed by atoms with Crippen LogP contribution in [0.5, 0.6) is 0 Å². The maximum Gasteiger partial charge on any atom is 0.0374 e. The second-order valence-electron chi connectivity index (χ2n) is 2.94. The minimum atomic E-state index is 0.721. The molecule has 0 amide bonds. The summed E-state index contributed by atoms with van der Waals surface area (Å²) in [4.78, 5) is 2.20. The topological polar surface area (TPSA) is 3.24 Å². The quantitative estimate of drug-likeness (QED) is 0.751. The Kier molecular flexibility index (Phi) is 4.60. The van der Waals surface area contributed by atoms with Crippen molar-refractivity contribution in [1.82, 2.24) is 0 Å². The van der Waals surface area contributed by atoms with Gasteiger partial charge in [0.25, 0.3) is 0 Å². The molecule has 0 N–H and O–H groups in total. The molecule has 0 heterocycles. The number of nitrogens with zero attached hydrogens (tertiary/aromatic N) is 1. The predicted molar refractivity (Wildman–Crippen MR) is 62.7 cm³/mol. The molecule has 0 radical (unpaired) electrons. The fourth-order valence-electron chi connectivity index (χ4n) is 1.14. The summed E-state index contributed by atoms with van der Waals surface area (Å²) in [6.07, 6.45) is 1.02. The highest BCUT2D eigenvalue weighted by molar-refractivity contribution is 9.10. The molecule has 3 heteroatoms. The Morgan fingerprint density at radius 3 is 2.85 bits per heavy atom. The minimum Gasteiger partial charge on any atom is -0.375 e. The summed E-state index contributed by atoms with van der Waals surface area (Å²) in [5, 5.41) is 0. The van der Waals surface area contributed by atoms with Crippen molar-refractivity contribution in [3.8, 4) is 0 Å². The molecule has 0 bridgehead atoms. The van der Waals surface area contributed by atoms with E-state index < -0.39 is 0 Å². The first kappa shape index (κ1) is 10.9. The first-order valence-corrected chi connectivity index (χ1v) is 5.59. The van der Waals surface area contributed by atoms with Crippen molar-refractivity contribution < 1.29 is 0 Å². The highest BCUT2D eigenvalue weighted by Gasteiger charge is 1.99. The highest BCUT2D eigenvalue weighted by Crippen LogP contribution is 2.18. The zero-order chi connectivity index (χ0) is 9.68. The molecule has 0 aromatic heterocycles. The number of alkyl halides is 1. The molecule has 0 fully saturated rings. The first-order valence-electron chi connectivity index (χ1n) is 4.26. The lowest BCUT2D eigenvalue weighted by Crippen LogP contribution is -2.18. The van der Waals surface area contributed by atoms with Crippen LogP contribution in [0.2, 0.25) is 0 Å². The lowest BCUT2D eigenvalue weighted by molar-refractivity contribution is 0.856. The van der Waals surface area contributed by atoms with Gasteiger partial charge in [-0.1, -0.05) is 22.0 Å². The van der Waals surface area contributed by atoms with E-state index in [1.807, 2.05) is 12.1 Å². The Labute approximate surface area is 92.8 Å². The fraction of sp³-hybridized carbons (Fsp3) is 0.400. The molecule has 1 nitrogen and oxygen atoms in total. The molecule has 1 aromatic carbocycles. The van der Waals surface area contributed by atoms with Crippen LogP contribution >= 0.6 is 27.5 Å². The van der Waals surface area contributed by atoms with Gasteiger partial charge in [-0.25, -0.2) is 0 Å². The molecule has 0 atom stereocenters. The number of benzene rings is 1. The van der Waals surface area contributed by atoms with E-state index >= 15 is 0 Å². The molecule has 13 heavy (non-hydrogen) atoms. The molecule has 0 aliphatic carbocycles. The van der Waals surface area contributed by atoms with Gasteiger partial charge in [-0.05, 0) is 24.6 Å². The Morgan fingerprint density at radius 2 is 2.23 bits per heavy atom. The molecule has 0 spiro atoms. The SMILES string of the molecule is CN(CCCCl)c1cccc(Br)c1. The molecule has 0 unspecified atom stereocenters. The van der Waals surface area contributed by atoms with Gasteiger partial charge in [-0.2, -0.15) is 0 Å². The van der Waals surface area contributed by atoms with E-state index in [-0.39, 0.29) is 0 Å². The molecular weight excluding hydrogens is 249 g/mol. The Bertz CT molecular complexity index is 265. The fourth-order valence-corrected chi connectivity index (χ4v) is 1.65. The molecule has 0 saturated carbocycles. The van der Waals surface area contributed by atoms with Gasteiger partial charge in [0.1, 0.15) is 0 Å². The lowest BCUT2D eigenvalue weighted by atomic mass is 10.3. The summed E-state index contributed by atoms with van der Waals surface area (Å²) in [6, 6.07) is 8.27. The van der Waals surface area contributed by atoms with Gasteiger partial charge in [-0.15, -0.1) is 11.6 Å². The maximum atomic E-state index is 5.63. The van der Waals surface area contributed by atoms with Gasteiger partial charge in [0.15, 0.2) is 0 Å². The van der Waals surface area contributed by atoms with Crippen molar-refractivity contribution in [1.29, 1.82) is 0 Å². The molecule has 1 aromatic rings. The smallest absolute Gasteiger partial charge is 0.0374 e. The van der Waals surface area contributed by atoms with Crippen molar-refractivity contribution in [3.63, 3.8) is 0 Å². The second-order valence-corrected chi connectivity index (χ2v) is 4.24. The normalized spacial score (nSPS) is 10.1. The van der Waals surface area contributed by atoms with Crippen molar-refractivity contribution in [2.45, 2.75) is 6.42 Å². The van der Waals surface area contributed by atoms with E-state index in [1.165, 1.54) is 5.69 Å². The van der Waals surface area contributed by atoms with Crippen LogP contribution in [0.1, 0.15) is 6.42 Å². The van der Waals surface area contributed by atoms with Crippen LogP contribution in [-0.2, 0) is 0 Å². The third-order valence-corrected chi connectivity index (χ3v) is 2.64. The first-order chi connectivity index (χ1) is 6.24. The molecule has 0 aliphatic rings. The zero-order valence-electron chi connectivity index (χ0n) is 7.63. The predicted octanol–water partition coefficient (Wildman–Crippen LogP) is 3.51. The molecule has 1 rings (SSSR count).